The Bertz CT molecular complexity index is 438. The number of para-hydroxylation sites is 1. The van der Waals surface area contributed by atoms with Gasteiger partial charge in [0.15, 0.2) is 0 Å². The average molecular weight is 265 g/mol. The third-order valence-electron chi connectivity index (χ3n) is 3.26. The van der Waals surface area contributed by atoms with E-state index in [2.05, 4.69) is 22.5 Å². The van der Waals surface area contributed by atoms with Crippen LogP contribution in [-0.2, 0) is 4.79 Å². The van der Waals surface area contributed by atoms with Crippen LogP contribution in [0.2, 0.25) is 0 Å². The van der Waals surface area contributed by atoms with E-state index in [9.17, 15) is 9.18 Å². The van der Waals surface area contributed by atoms with E-state index in [1.165, 1.54) is 6.07 Å². The molecule has 5 heteroatoms. The Balaban J connectivity index is 1.77. The van der Waals surface area contributed by atoms with Gasteiger partial charge in [0.05, 0.1) is 5.69 Å². The zero-order chi connectivity index (χ0) is 13.7. The molecule has 0 spiro atoms. The maximum Gasteiger partial charge on any atom is 0.225 e. The van der Waals surface area contributed by atoms with Gasteiger partial charge in [-0.25, -0.2) is 4.39 Å². The monoisotopic (exact) mass is 265 g/mol. The van der Waals surface area contributed by atoms with Crippen molar-refractivity contribution in [2.45, 2.75) is 19.4 Å². The van der Waals surface area contributed by atoms with Crippen LogP contribution >= 0.6 is 0 Å². The maximum absolute atomic E-state index is 13.4. The minimum absolute atomic E-state index is 0.142. The third-order valence-corrected chi connectivity index (χ3v) is 3.26. The van der Waals surface area contributed by atoms with Gasteiger partial charge in [0.2, 0.25) is 5.91 Å². The van der Waals surface area contributed by atoms with Crippen molar-refractivity contribution in [3.63, 3.8) is 0 Å². The second kappa shape index (κ2) is 6.63. The van der Waals surface area contributed by atoms with Crippen molar-refractivity contribution >= 4 is 11.6 Å². The molecule has 2 rings (SSSR count). The number of benzene rings is 1. The smallest absolute Gasteiger partial charge is 0.225 e. The van der Waals surface area contributed by atoms with E-state index in [4.69, 9.17) is 0 Å². The first-order valence-electron chi connectivity index (χ1n) is 6.65. The Morgan fingerprint density at radius 1 is 1.53 bits per heavy atom. The molecule has 1 heterocycles. The molecule has 104 valence electrons. The quantitative estimate of drug-likeness (QED) is 0.866. The Morgan fingerprint density at radius 2 is 2.32 bits per heavy atom. The summed E-state index contributed by atoms with van der Waals surface area (Å²) in [6.45, 7) is 5.71. The van der Waals surface area contributed by atoms with Crippen molar-refractivity contribution in [2.24, 2.45) is 0 Å². The lowest BCUT2D eigenvalue weighted by molar-refractivity contribution is -0.116. The van der Waals surface area contributed by atoms with Gasteiger partial charge in [-0.2, -0.15) is 0 Å². The molecule has 0 aliphatic carbocycles. The molecule has 1 aliphatic rings. The molecule has 1 atom stereocenters. The number of nitrogens with one attached hydrogen (secondary N) is 2. The molecule has 4 nitrogen and oxygen atoms in total. The van der Waals surface area contributed by atoms with Crippen LogP contribution in [0, 0.1) is 5.82 Å². The summed E-state index contributed by atoms with van der Waals surface area (Å²) in [5.74, 6) is -0.539. The molecule has 0 radical (unpaired) electrons. The van der Waals surface area contributed by atoms with Crippen LogP contribution in [-0.4, -0.2) is 43.0 Å². The Labute approximate surface area is 113 Å². The summed E-state index contributed by atoms with van der Waals surface area (Å²) in [5.41, 5.74) is 0.251. The Kier molecular flexibility index (Phi) is 4.87. The molecule has 1 aromatic carbocycles. The predicted molar refractivity (Wildman–Crippen MR) is 73.6 cm³/mol. The highest BCUT2D eigenvalue weighted by molar-refractivity contribution is 5.90. The number of anilines is 1. The SMILES string of the molecule is C[C@@H]1CN(CCC(=O)Nc2ccccc2F)CCN1. The Hall–Kier alpha value is -1.46. The van der Waals surface area contributed by atoms with Crippen LogP contribution in [0.5, 0.6) is 0 Å². The van der Waals surface area contributed by atoms with Gasteiger partial charge in [-0.15, -0.1) is 0 Å². The number of hydrogen-bond acceptors (Lipinski definition) is 3. The minimum atomic E-state index is -0.397. The van der Waals surface area contributed by atoms with E-state index >= 15 is 0 Å². The summed E-state index contributed by atoms with van der Waals surface area (Å²) >= 11 is 0. The lowest BCUT2D eigenvalue weighted by atomic mass is 10.2. The first kappa shape index (κ1) is 14.0. The van der Waals surface area contributed by atoms with Crippen molar-refractivity contribution < 1.29 is 9.18 Å². The highest BCUT2D eigenvalue weighted by atomic mass is 19.1. The van der Waals surface area contributed by atoms with Gasteiger partial charge >= 0.3 is 0 Å². The molecular weight excluding hydrogens is 245 g/mol. The summed E-state index contributed by atoms with van der Waals surface area (Å²) in [6, 6.07) is 6.68. The molecule has 0 saturated carbocycles. The molecule has 1 aliphatic heterocycles. The maximum atomic E-state index is 13.4. The molecule has 1 fully saturated rings. The minimum Gasteiger partial charge on any atom is -0.324 e. The first-order valence-corrected chi connectivity index (χ1v) is 6.65. The number of amides is 1. The number of hydrogen-bond donors (Lipinski definition) is 2. The second-order valence-electron chi connectivity index (χ2n) is 4.93. The van der Waals surface area contributed by atoms with Gasteiger partial charge < -0.3 is 15.5 Å². The van der Waals surface area contributed by atoms with Crippen LogP contribution in [0.25, 0.3) is 0 Å². The van der Waals surface area contributed by atoms with Gasteiger partial charge in [-0.1, -0.05) is 12.1 Å². The first-order chi connectivity index (χ1) is 9.15. The lowest BCUT2D eigenvalue weighted by Crippen LogP contribution is -2.49. The van der Waals surface area contributed by atoms with E-state index in [0.717, 1.165) is 19.6 Å². The number of rotatable bonds is 4. The molecule has 0 aromatic heterocycles. The predicted octanol–water partition coefficient (Wildman–Crippen LogP) is 1.45. The van der Waals surface area contributed by atoms with Gasteiger partial charge in [0.25, 0.3) is 0 Å². The molecule has 2 N–H and O–H groups in total. The van der Waals surface area contributed by atoms with E-state index in [0.29, 0.717) is 19.0 Å². The van der Waals surface area contributed by atoms with Crippen molar-refractivity contribution in [2.75, 3.05) is 31.5 Å². The van der Waals surface area contributed by atoms with Crippen LogP contribution in [0.15, 0.2) is 24.3 Å². The molecule has 0 unspecified atom stereocenters. The second-order valence-corrected chi connectivity index (χ2v) is 4.93. The van der Waals surface area contributed by atoms with Gasteiger partial charge in [-0.3, -0.25) is 4.79 Å². The zero-order valence-electron chi connectivity index (χ0n) is 11.2. The van der Waals surface area contributed by atoms with Gasteiger partial charge in [0, 0.05) is 38.6 Å². The van der Waals surface area contributed by atoms with Crippen molar-refractivity contribution in [3.8, 4) is 0 Å². The summed E-state index contributed by atoms with van der Waals surface area (Å²) in [7, 11) is 0. The molecule has 1 aromatic rings. The van der Waals surface area contributed by atoms with Crippen LogP contribution in [0.3, 0.4) is 0 Å². The normalized spacial score (nSPS) is 20.2. The van der Waals surface area contributed by atoms with Crippen LogP contribution < -0.4 is 10.6 Å². The van der Waals surface area contributed by atoms with Crippen molar-refractivity contribution in [1.82, 2.24) is 10.2 Å². The summed E-state index contributed by atoms with van der Waals surface area (Å²) in [6.07, 6.45) is 0.390. The third kappa shape index (κ3) is 4.29. The van der Waals surface area contributed by atoms with Crippen LogP contribution in [0.1, 0.15) is 13.3 Å². The van der Waals surface area contributed by atoms with Crippen molar-refractivity contribution in [1.29, 1.82) is 0 Å². The number of carbonyl (C=O) groups excluding carboxylic acids is 1. The Morgan fingerprint density at radius 3 is 3.05 bits per heavy atom. The van der Waals surface area contributed by atoms with Crippen molar-refractivity contribution in [3.05, 3.63) is 30.1 Å². The summed E-state index contributed by atoms with van der Waals surface area (Å²) in [5, 5.41) is 5.96. The fourth-order valence-electron chi connectivity index (χ4n) is 2.25. The molecule has 0 bridgehead atoms. The number of nitrogens with zero attached hydrogens (tertiary/aromatic N) is 1. The highest BCUT2D eigenvalue weighted by Gasteiger charge is 2.16. The fraction of sp³-hybridized carbons (Fsp3) is 0.500. The van der Waals surface area contributed by atoms with Gasteiger partial charge in [0.1, 0.15) is 5.82 Å². The standard InChI is InChI=1S/C14H20FN3O/c1-11-10-18(9-7-16-11)8-6-14(19)17-13-5-3-2-4-12(13)15/h2-5,11,16H,6-10H2,1H3,(H,17,19)/t11-/m1/s1. The fourth-order valence-corrected chi connectivity index (χ4v) is 2.25. The van der Waals surface area contributed by atoms with E-state index in [-0.39, 0.29) is 11.6 Å². The van der Waals surface area contributed by atoms with Gasteiger partial charge in [-0.05, 0) is 19.1 Å². The van der Waals surface area contributed by atoms with E-state index in [1.807, 2.05) is 0 Å². The summed E-state index contributed by atoms with van der Waals surface area (Å²) < 4.78 is 13.4. The summed E-state index contributed by atoms with van der Waals surface area (Å²) in [4.78, 5) is 14.0. The van der Waals surface area contributed by atoms with E-state index < -0.39 is 5.82 Å². The number of halogens is 1. The molecule has 1 saturated heterocycles. The molecular formula is C14H20FN3O. The number of carbonyl (C=O) groups is 1. The highest BCUT2D eigenvalue weighted by Crippen LogP contribution is 2.12. The van der Waals surface area contributed by atoms with Crippen LogP contribution in [0.4, 0.5) is 10.1 Å². The molecule has 1 amide bonds. The molecule has 19 heavy (non-hydrogen) atoms. The largest absolute Gasteiger partial charge is 0.324 e. The average Bonchev–Trinajstić information content (AvgIpc) is 2.39. The topological polar surface area (TPSA) is 44.4 Å². The number of piperazine rings is 1. The lowest BCUT2D eigenvalue weighted by Gasteiger charge is -2.31. The van der Waals surface area contributed by atoms with E-state index in [1.54, 1.807) is 18.2 Å². The zero-order valence-corrected chi connectivity index (χ0v) is 11.2.